The molecule has 0 unspecified atom stereocenters. The first-order valence-corrected chi connectivity index (χ1v) is 5.39. The lowest BCUT2D eigenvalue weighted by Crippen LogP contribution is -2.39. The number of hydrogen-bond donors (Lipinski definition) is 2. The van der Waals surface area contributed by atoms with Crippen molar-refractivity contribution in [1.82, 2.24) is 4.72 Å². The van der Waals surface area contributed by atoms with E-state index in [9.17, 15) is 8.42 Å². The summed E-state index contributed by atoms with van der Waals surface area (Å²) in [4.78, 5) is 0. The highest BCUT2D eigenvalue weighted by molar-refractivity contribution is 7.90. The molecule has 0 spiro atoms. The van der Waals surface area contributed by atoms with Crippen LogP contribution in [0, 0.1) is 0 Å². The molecule has 0 heterocycles. The Morgan fingerprint density at radius 2 is 1.83 bits per heavy atom. The van der Waals surface area contributed by atoms with Gasteiger partial charge in [-0.3, -0.25) is 0 Å². The number of nitrogens with one attached hydrogen (secondary N) is 1. The number of rotatable bonds is 4. The maximum Gasteiger partial charge on any atom is 0.216 e. The smallest absolute Gasteiger partial charge is 0.216 e. The monoisotopic (exact) mass is 195 g/mol. The van der Waals surface area contributed by atoms with Gasteiger partial charge in [-0.15, -0.1) is 0 Å². The molecule has 0 saturated heterocycles. The first-order chi connectivity index (χ1) is 5.31. The van der Waals surface area contributed by atoms with E-state index in [1.54, 1.807) is 20.8 Å². The van der Waals surface area contributed by atoms with Crippen LogP contribution in [-0.2, 0) is 10.0 Å². The van der Waals surface area contributed by atoms with Gasteiger partial charge in [0.05, 0.1) is 4.75 Å². The zero-order chi connectivity index (χ0) is 9.83. The summed E-state index contributed by atoms with van der Waals surface area (Å²) in [7, 11) is -3.23. The minimum Gasteiger partial charge on any atom is -0.396 e. The number of sulfonamides is 1. The van der Waals surface area contributed by atoms with Gasteiger partial charge in [0.25, 0.3) is 0 Å². The quantitative estimate of drug-likeness (QED) is 0.625. The van der Waals surface area contributed by atoms with Gasteiger partial charge >= 0.3 is 0 Å². The molecule has 12 heavy (non-hydrogen) atoms. The molecule has 0 amide bonds. The molecule has 0 radical (unpaired) electrons. The first-order valence-electron chi connectivity index (χ1n) is 3.91. The number of aliphatic hydroxyl groups is 1. The summed E-state index contributed by atoms with van der Waals surface area (Å²) in [5, 5.41) is 8.43. The average molecular weight is 195 g/mol. The van der Waals surface area contributed by atoms with E-state index in [1.165, 1.54) is 0 Å². The van der Waals surface area contributed by atoms with Gasteiger partial charge in [-0.25, -0.2) is 13.1 Å². The van der Waals surface area contributed by atoms with Gasteiger partial charge in [0.2, 0.25) is 10.0 Å². The van der Waals surface area contributed by atoms with Crippen LogP contribution in [0.1, 0.15) is 27.2 Å². The lowest BCUT2D eigenvalue weighted by atomic mass is 10.3. The Hall–Kier alpha value is -0.130. The Balaban J connectivity index is 4.08. The summed E-state index contributed by atoms with van der Waals surface area (Å²) in [6, 6.07) is 0. The molecule has 0 aromatic heterocycles. The molecule has 4 nitrogen and oxygen atoms in total. The van der Waals surface area contributed by atoms with E-state index >= 15 is 0 Å². The fraction of sp³-hybridized carbons (Fsp3) is 1.00. The minimum atomic E-state index is -3.23. The van der Waals surface area contributed by atoms with Crippen molar-refractivity contribution in [2.24, 2.45) is 0 Å². The molecule has 0 saturated carbocycles. The molecule has 2 N–H and O–H groups in total. The van der Waals surface area contributed by atoms with Crippen LogP contribution in [0.15, 0.2) is 0 Å². The fourth-order valence-electron chi connectivity index (χ4n) is 0.502. The zero-order valence-electron chi connectivity index (χ0n) is 7.79. The average Bonchev–Trinajstić information content (AvgIpc) is 1.85. The predicted molar refractivity (Wildman–Crippen MR) is 48.4 cm³/mol. The molecule has 74 valence electrons. The highest BCUT2D eigenvalue weighted by Crippen LogP contribution is 2.12. The van der Waals surface area contributed by atoms with Crippen LogP contribution in [-0.4, -0.2) is 31.4 Å². The molecule has 0 bridgehead atoms. The minimum absolute atomic E-state index is 0.00661. The van der Waals surface area contributed by atoms with E-state index < -0.39 is 14.8 Å². The van der Waals surface area contributed by atoms with E-state index in [-0.39, 0.29) is 6.61 Å². The maximum absolute atomic E-state index is 11.3. The van der Waals surface area contributed by atoms with Gasteiger partial charge in [-0.05, 0) is 27.2 Å². The van der Waals surface area contributed by atoms with Crippen molar-refractivity contribution in [3.05, 3.63) is 0 Å². The lowest BCUT2D eigenvalue weighted by molar-refractivity contribution is 0.289. The Morgan fingerprint density at radius 1 is 1.33 bits per heavy atom. The van der Waals surface area contributed by atoms with Crippen molar-refractivity contribution in [1.29, 1.82) is 0 Å². The summed E-state index contributed by atoms with van der Waals surface area (Å²) in [6.45, 7) is 5.21. The molecule has 5 heteroatoms. The summed E-state index contributed by atoms with van der Waals surface area (Å²) in [5.74, 6) is 0. The van der Waals surface area contributed by atoms with Gasteiger partial charge < -0.3 is 5.11 Å². The summed E-state index contributed by atoms with van der Waals surface area (Å²) >= 11 is 0. The summed E-state index contributed by atoms with van der Waals surface area (Å²) < 4.78 is 24.3. The predicted octanol–water partition coefficient (Wildman–Crippen LogP) is 0.0867. The van der Waals surface area contributed by atoms with Gasteiger partial charge in [0, 0.05) is 13.2 Å². The van der Waals surface area contributed by atoms with Crippen LogP contribution < -0.4 is 4.72 Å². The SMILES string of the molecule is CC(C)(C)S(=O)(=O)NCCCO. The van der Waals surface area contributed by atoms with E-state index in [0.717, 1.165) is 0 Å². The third kappa shape index (κ3) is 3.51. The zero-order valence-corrected chi connectivity index (χ0v) is 8.61. The van der Waals surface area contributed by atoms with E-state index in [4.69, 9.17) is 5.11 Å². The van der Waals surface area contributed by atoms with Crippen LogP contribution >= 0.6 is 0 Å². The second-order valence-electron chi connectivity index (χ2n) is 3.59. The third-order valence-electron chi connectivity index (χ3n) is 1.43. The van der Waals surface area contributed by atoms with Crippen molar-refractivity contribution < 1.29 is 13.5 Å². The van der Waals surface area contributed by atoms with Crippen molar-refractivity contribution in [3.8, 4) is 0 Å². The van der Waals surface area contributed by atoms with Crippen LogP contribution in [0.4, 0.5) is 0 Å². The van der Waals surface area contributed by atoms with Crippen molar-refractivity contribution in [3.63, 3.8) is 0 Å². The third-order valence-corrected chi connectivity index (χ3v) is 3.63. The van der Waals surface area contributed by atoms with Crippen LogP contribution in [0.3, 0.4) is 0 Å². The first kappa shape index (κ1) is 11.9. The lowest BCUT2D eigenvalue weighted by Gasteiger charge is -2.19. The fourth-order valence-corrected chi connectivity index (χ4v) is 1.35. The largest absolute Gasteiger partial charge is 0.396 e. The Kier molecular flexibility index (Phi) is 4.16. The van der Waals surface area contributed by atoms with E-state index in [1.807, 2.05) is 0 Å². The van der Waals surface area contributed by atoms with Gasteiger partial charge in [0.15, 0.2) is 0 Å². The summed E-state index contributed by atoms with van der Waals surface area (Å²) in [5.41, 5.74) is 0. The van der Waals surface area contributed by atoms with Crippen LogP contribution in [0.2, 0.25) is 0 Å². The molecule has 0 aliphatic heterocycles. The number of aliphatic hydroxyl groups excluding tert-OH is 1. The Bertz CT molecular complexity index is 215. The van der Waals surface area contributed by atoms with Crippen molar-refractivity contribution >= 4 is 10.0 Å². The Labute approximate surface area is 74.0 Å². The standard InChI is InChI=1S/C7H17NO3S/c1-7(2,3)12(10,11)8-5-4-6-9/h8-9H,4-6H2,1-3H3. The van der Waals surface area contributed by atoms with Crippen LogP contribution in [0.5, 0.6) is 0 Å². The number of hydrogen-bond acceptors (Lipinski definition) is 3. The second kappa shape index (κ2) is 4.20. The molecular weight excluding hydrogens is 178 g/mol. The van der Waals surface area contributed by atoms with Crippen LogP contribution in [0.25, 0.3) is 0 Å². The molecule has 0 aliphatic carbocycles. The maximum atomic E-state index is 11.3. The summed E-state index contributed by atoms with van der Waals surface area (Å²) in [6.07, 6.45) is 0.454. The van der Waals surface area contributed by atoms with Crippen molar-refractivity contribution in [2.75, 3.05) is 13.2 Å². The highest BCUT2D eigenvalue weighted by atomic mass is 32.2. The molecular formula is C7H17NO3S. The van der Waals surface area contributed by atoms with E-state index in [2.05, 4.69) is 4.72 Å². The molecule has 0 aromatic rings. The molecule has 0 fully saturated rings. The Morgan fingerprint density at radius 3 is 2.17 bits per heavy atom. The van der Waals surface area contributed by atoms with Gasteiger partial charge in [-0.2, -0.15) is 0 Å². The highest BCUT2D eigenvalue weighted by Gasteiger charge is 2.27. The van der Waals surface area contributed by atoms with E-state index in [0.29, 0.717) is 13.0 Å². The molecule has 0 atom stereocenters. The normalized spacial score (nSPS) is 13.3. The second-order valence-corrected chi connectivity index (χ2v) is 6.11. The molecule has 0 rings (SSSR count). The molecule has 0 aliphatic rings. The molecule has 0 aromatic carbocycles. The van der Waals surface area contributed by atoms with Crippen molar-refractivity contribution in [2.45, 2.75) is 31.9 Å². The van der Waals surface area contributed by atoms with Gasteiger partial charge in [-0.1, -0.05) is 0 Å². The van der Waals surface area contributed by atoms with Gasteiger partial charge in [0.1, 0.15) is 0 Å². The topological polar surface area (TPSA) is 66.4 Å².